The number of carbonyl (C=O) groups excluding carboxylic acids is 1. The lowest BCUT2D eigenvalue weighted by Crippen LogP contribution is -2.64. The highest BCUT2D eigenvalue weighted by Gasteiger charge is 2.54. The molecule has 1 N–H and O–H groups in total. The number of nitrogens with zero attached hydrogens (tertiary/aromatic N) is 1. The molecule has 39 heavy (non-hydrogen) atoms. The lowest BCUT2D eigenvalue weighted by Gasteiger charge is -2.56. The molecule has 2 aromatic carbocycles. The summed E-state index contributed by atoms with van der Waals surface area (Å²) >= 11 is 0. The first-order valence-corrected chi connectivity index (χ1v) is 13.8. The van der Waals surface area contributed by atoms with Gasteiger partial charge in [0.05, 0.1) is 19.4 Å². The highest BCUT2D eigenvalue weighted by atomic mass is 19.4. The number of amides is 1. The Morgan fingerprint density at radius 2 is 1.87 bits per heavy atom. The van der Waals surface area contributed by atoms with Crippen molar-refractivity contribution in [3.63, 3.8) is 0 Å². The summed E-state index contributed by atoms with van der Waals surface area (Å²) in [4.78, 5) is 15.6. The van der Waals surface area contributed by atoms with Crippen LogP contribution in [0.3, 0.4) is 0 Å². The molecule has 5 rings (SSSR count). The molecule has 3 aliphatic rings. The lowest BCUT2D eigenvalue weighted by atomic mass is 9.57. The van der Waals surface area contributed by atoms with E-state index in [1.165, 1.54) is 0 Å². The highest BCUT2D eigenvalue weighted by molar-refractivity contribution is 5.99. The van der Waals surface area contributed by atoms with Gasteiger partial charge in [-0.1, -0.05) is 42.5 Å². The second-order valence-electron chi connectivity index (χ2n) is 11.2. The molecule has 2 aliphatic carbocycles. The molecule has 210 valence electrons. The van der Waals surface area contributed by atoms with Crippen LogP contribution in [0.5, 0.6) is 5.75 Å². The Labute approximate surface area is 228 Å². The number of hydrogen-bond donors (Lipinski definition) is 1. The monoisotopic (exact) mass is 542 g/mol. The number of rotatable bonds is 8. The molecule has 5 nitrogen and oxygen atoms in total. The van der Waals surface area contributed by atoms with Gasteiger partial charge in [0.15, 0.2) is 0 Å². The zero-order valence-corrected chi connectivity index (χ0v) is 22.5. The van der Waals surface area contributed by atoms with Crippen LogP contribution in [0, 0.1) is 11.8 Å². The Balaban J connectivity index is 1.51. The average Bonchev–Trinajstić information content (AvgIpc) is 3.75. The number of alkyl halides is 3. The fourth-order valence-electron chi connectivity index (χ4n) is 6.65. The molecule has 1 saturated heterocycles. The van der Waals surface area contributed by atoms with Gasteiger partial charge in [0.2, 0.25) is 0 Å². The quantitative estimate of drug-likeness (QED) is 0.419. The average molecular weight is 543 g/mol. The van der Waals surface area contributed by atoms with Crippen molar-refractivity contribution in [2.45, 2.75) is 62.4 Å². The molecule has 0 spiro atoms. The van der Waals surface area contributed by atoms with E-state index in [4.69, 9.17) is 9.47 Å². The Kier molecular flexibility index (Phi) is 8.06. The molecule has 2 unspecified atom stereocenters. The maximum atomic E-state index is 14.1. The Morgan fingerprint density at radius 3 is 2.54 bits per heavy atom. The smallest absolute Gasteiger partial charge is 0.421 e. The van der Waals surface area contributed by atoms with Gasteiger partial charge < -0.3 is 14.8 Å². The first kappa shape index (κ1) is 27.7. The number of piperidine rings is 1. The van der Waals surface area contributed by atoms with Gasteiger partial charge in [-0.3, -0.25) is 9.69 Å². The van der Waals surface area contributed by atoms with E-state index < -0.39 is 23.8 Å². The molecule has 1 amide bonds. The van der Waals surface area contributed by atoms with E-state index in [1.807, 2.05) is 18.2 Å². The van der Waals surface area contributed by atoms with Crippen LogP contribution in [0.15, 0.2) is 60.2 Å². The van der Waals surface area contributed by atoms with Crippen LogP contribution in [0.1, 0.15) is 49.7 Å². The van der Waals surface area contributed by atoms with E-state index in [0.29, 0.717) is 24.4 Å². The fraction of sp³-hybridized carbons (Fsp3) is 0.516. The van der Waals surface area contributed by atoms with E-state index in [1.54, 1.807) is 44.6 Å². The largest absolute Gasteiger partial charge is 0.497 e. The minimum absolute atomic E-state index is 0.0343. The van der Waals surface area contributed by atoms with Crippen LogP contribution < -0.4 is 10.1 Å². The minimum Gasteiger partial charge on any atom is -0.497 e. The summed E-state index contributed by atoms with van der Waals surface area (Å²) in [5, 5.41) is 2.84. The van der Waals surface area contributed by atoms with Crippen molar-refractivity contribution in [3.8, 4) is 5.75 Å². The lowest BCUT2D eigenvalue weighted by molar-refractivity contribution is -0.135. The number of halogens is 3. The molecule has 0 aromatic heterocycles. The molecular formula is C31H37F3N2O3. The molecule has 4 atom stereocenters. The van der Waals surface area contributed by atoms with Crippen molar-refractivity contribution >= 4 is 12.0 Å². The van der Waals surface area contributed by atoms with Crippen LogP contribution in [0.4, 0.5) is 13.2 Å². The number of nitrogens with one attached hydrogen (secondary N) is 1. The number of hydrogen-bond acceptors (Lipinski definition) is 4. The molecule has 1 aliphatic heterocycles. The summed E-state index contributed by atoms with van der Waals surface area (Å²) in [6.07, 6.45) is 1.15. The number of benzene rings is 2. The molecule has 0 bridgehead atoms. The third-order valence-corrected chi connectivity index (χ3v) is 8.80. The first-order valence-electron chi connectivity index (χ1n) is 13.8. The topological polar surface area (TPSA) is 50.8 Å². The zero-order chi connectivity index (χ0) is 27.6. The van der Waals surface area contributed by atoms with Crippen molar-refractivity contribution in [3.05, 3.63) is 71.3 Å². The second-order valence-corrected chi connectivity index (χ2v) is 11.2. The summed E-state index contributed by atoms with van der Waals surface area (Å²) in [6, 6.07) is 16.2. The molecule has 0 radical (unpaired) electrons. The maximum absolute atomic E-state index is 14.1. The third-order valence-electron chi connectivity index (χ3n) is 8.80. The van der Waals surface area contributed by atoms with Crippen molar-refractivity contribution in [2.75, 3.05) is 27.3 Å². The van der Waals surface area contributed by atoms with E-state index in [0.717, 1.165) is 56.0 Å². The van der Waals surface area contributed by atoms with Crippen LogP contribution >= 0.6 is 0 Å². The summed E-state index contributed by atoms with van der Waals surface area (Å²) in [5.41, 5.74) is -0.111. The summed E-state index contributed by atoms with van der Waals surface area (Å²) < 4.78 is 54.0. The van der Waals surface area contributed by atoms with Crippen LogP contribution in [0.2, 0.25) is 0 Å². The number of likely N-dealkylation sites (tertiary alicyclic amines) is 1. The highest BCUT2D eigenvalue weighted by Crippen LogP contribution is 2.52. The standard InChI is InChI=1S/C31H37F3N2O3/c1-38-24-11-6-10-23(17-24)30-15-7-12-27(39-2)26(30)20-36(19-22-13-14-22)28(18-30)35-29(37)25(31(32,33)34)16-21-8-4-3-5-9-21/h3-6,8-11,16-17,22,26-28H,7,12-15,18-20H2,1-2H3,(H,35,37)/t26?,27?,28-,30-/m0/s1. The van der Waals surface area contributed by atoms with Crippen molar-refractivity contribution < 1.29 is 27.4 Å². The van der Waals surface area contributed by atoms with Gasteiger partial charge in [-0.15, -0.1) is 0 Å². The number of fused-ring (bicyclic) bond motifs is 1. The van der Waals surface area contributed by atoms with Gasteiger partial charge in [-0.2, -0.15) is 13.2 Å². The van der Waals surface area contributed by atoms with Crippen molar-refractivity contribution in [2.24, 2.45) is 11.8 Å². The molecule has 8 heteroatoms. The van der Waals surface area contributed by atoms with E-state index in [9.17, 15) is 18.0 Å². The second kappa shape index (κ2) is 11.3. The van der Waals surface area contributed by atoms with Gasteiger partial charge in [0.1, 0.15) is 11.3 Å². The van der Waals surface area contributed by atoms with Crippen molar-refractivity contribution in [1.29, 1.82) is 0 Å². The number of carbonyl (C=O) groups is 1. The Morgan fingerprint density at radius 1 is 1.10 bits per heavy atom. The van der Waals surface area contributed by atoms with Crippen LogP contribution in [-0.2, 0) is 14.9 Å². The zero-order valence-electron chi connectivity index (χ0n) is 22.5. The fourth-order valence-corrected chi connectivity index (χ4v) is 6.65. The number of methoxy groups -OCH3 is 2. The van der Waals surface area contributed by atoms with Gasteiger partial charge in [0.25, 0.3) is 5.91 Å². The summed E-state index contributed by atoms with van der Waals surface area (Å²) in [7, 11) is 3.38. The van der Waals surface area contributed by atoms with E-state index >= 15 is 0 Å². The number of ether oxygens (including phenoxy) is 2. The van der Waals surface area contributed by atoms with Crippen LogP contribution in [0.25, 0.3) is 6.08 Å². The van der Waals surface area contributed by atoms with Crippen LogP contribution in [-0.4, -0.2) is 56.6 Å². The van der Waals surface area contributed by atoms with E-state index in [-0.39, 0.29) is 17.4 Å². The van der Waals surface area contributed by atoms with Gasteiger partial charge >= 0.3 is 6.18 Å². The van der Waals surface area contributed by atoms with E-state index in [2.05, 4.69) is 16.3 Å². The molecule has 3 fully saturated rings. The Bertz CT molecular complexity index is 1180. The Hall–Kier alpha value is -2.84. The van der Waals surface area contributed by atoms with Gasteiger partial charge in [-0.25, -0.2) is 0 Å². The molecule has 1 heterocycles. The first-order chi connectivity index (χ1) is 18.7. The maximum Gasteiger partial charge on any atom is 0.421 e. The minimum atomic E-state index is -4.78. The summed E-state index contributed by atoms with van der Waals surface area (Å²) in [5.74, 6) is 0.319. The predicted molar refractivity (Wildman–Crippen MR) is 144 cm³/mol. The van der Waals surface area contributed by atoms with Gasteiger partial charge in [-0.05, 0) is 73.8 Å². The van der Waals surface area contributed by atoms with Crippen molar-refractivity contribution in [1.82, 2.24) is 10.2 Å². The molecule has 2 aromatic rings. The molecule has 2 saturated carbocycles. The normalized spacial score (nSPS) is 28.0. The van der Waals surface area contributed by atoms with Gasteiger partial charge in [0, 0.05) is 31.5 Å². The summed E-state index contributed by atoms with van der Waals surface area (Å²) in [6.45, 7) is 1.41. The SMILES string of the molecule is COc1cccc([C@@]23CCCC(OC)C2CN(CC2CC2)[C@H](NC(=O)C(=Cc2ccccc2)C(F)(F)F)C3)c1. The molecular weight excluding hydrogens is 505 g/mol. The predicted octanol–water partition coefficient (Wildman–Crippen LogP) is 5.95. The third kappa shape index (κ3) is 6.02.